The van der Waals surface area contributed by atoms with Crippen molar-refractivity contribution < 1.29 is 0 Å². The zero-order valence-corrected chi connectivity index (χ0v) is 6.84. The molecule has 0 bridgehead atoms. The largest absolute Gasteiger partial charge is 0.246 e. The van der Waals surface area contributed by atoms with Crippen molar-refractivity contribution in [2.24, 2.45) is 4.99 Å². The zero-order valence-electron chi connectivity index (χ0n) is 6.84. The summed E-state index contributed by atoms with van der Waals surface area (Å²) in [6.45, 7) is 5.13. The van der Waals surface area contributed by atoms with Crippen LogP contribution in [0.15, 0.2) is 16.3 Å². The van der Waals surface area contributed by atoms with Crippen LogP contribution in [0.4, 0.5) is 0 Å². The molecule has 0 aliphatic heterocycles. The Kier molecular flexibility index (Phi) is 3.62. The van der Waals surface area contributed by atoms with Gasteiger partial charge >= 0.3 is 0 Å². The number of rotatable bonds is 1. The summed E-state index contributed by atoms with van der Waals surface area (Å²) in [4.78, 5) is 3.88. The quantitative estimate of drug-likeness (QED) is 0.419. The molecular formula is C8H9N3. The van der Waals surface area contributed by atoms with E-state index in [-0.39, 0.29) is 5.70 Å². The van der Waals surface area contributed by atoms with Gasteiger partial charge in [-0.2, -0.15) is 10.5 Å². The molecule has 0 aromatic rings. The van der Waals surface area contributed by atoms with Crippen molar-refractivity contribution >= 4 is 5.71 Å². The van der Waals surface area contributed by atoms with E-state index in [0.717, 1.165) is 5.71 Å². The minimum absolute atomic E-state index is 0.201. The maximum absolute atomic E-state index is 8.51. The fraction of sp³-hybridized carbons (Fsp3) is 0.375. The van der Waals surface area contributed by atoms with Crippen LogP contribution in [0.3, 0.4) is 0 Å². The Morgan fingerprint density at radius 1 is 1.09 bits per heavy atom. The molecule has 0 aromatic carbocycles. The van der Waals surface area contributed by atoms with Crippen LogP contribution in [0.5, 0.6) is 0 Å². The maximum Gasteiger partial charge on any atom is 0.153 e. The molecule has 0 spiro atoms. The summed E-state index contributed by atoms with van der Waals surface area (Å²) in [6.07, 6.45) is 0. The molecule has 0 atom stereocenters. The number of aliphatic imine (C=N–C) groups is 1. The van der Waals surface area contributed by atoms with E-state index < -0.39 is 0 Å². The summed E-state index contributed by atoms with van der Waals surface area (Å²) in [5.41, 5.74) is 1.33. The summed E-state index contributed by atoms with van der Waals surface area (Å²) in [5, 5.41) is 16.9. The van der Waals surface area contributed by atoms with Crippen LogP contribution in [-0.2, 0) is 0 Å². The van der Waals surface area contributed by atoms with Crippen LogP contribution in [0, 0.1) is 22.7 Å². The molecule has 0 saturated heterocycles. The number of allylic oxidation sites excluding steroid dienone is 2. The molecule has 0 unspecified atom stereocenters. The Morgan fingerprint density at radius 2 is 1.64 bits per heavy atom. The standard InChI is InChI=1S/C8H9N3/c1-6(2)11-8(5-10)7(3)4-9/h1-3H3. The van der Waals surface area contributed by atoms with Crippen LogP contribution in [0.1, 0.15) is 20.8 Å². The van der Waals surface area contributed by atoms with Gasteiger partial charge in [0, 0.05) is 5.71 Å². The molecule has 0 N–H and O–H groups in total. The molecule has 0 radical (unpaired) electrons. The Hall–Kier alpha value is -1.61. The van der Waals surface area contributed by atoms with Gasteiger partial charge in [0.1, 0.15) is 6.07 Å². The summed E-state index contributed by atoms with van der Waals surface area (Å²) in [6, 6.07) is 3.73. The van der Waals surface area contributed by atoms with Crippen LogP contribution < -0.4 is 0 Å². The maximum atomic E-state index is 8.51. The van der Waals surface area contributed by atoms with Crippen LogP contribution in [0.25, 0.3) is 0 Å². The summed E-state index contributed by atoms with van der Waals surface area (Å²) in [5.74, 6) is 0. The molecule has 0 aliphatic carbocycles. The third kappa shape index (κ3) is 3.17. The molecule has 0 rings (SSSR count). The summed E-state index contributed by atoms with van der Waals surface area (Å²) < 4.78 is 0. The van der Waals surface area contributed by atoms with E-state index in [2.05, 4.69) is 4.99 Å². The van der Waals surface area contributed by atoms with Gasteiger partial charge in [-0.1, -0.05) is 0 Å². The van der Waals surface area contributed by atoms with Gasteiger partial charge in [0.25, 0.3) is 0 Å². The van der Waals surface area contributed by atoms with E-state index in [9.17, 15) is 0 Å². The first-order valence-electron chi connectivity index (χ1n) is 3.14. The van der Waals surface area contributed by atoms with Crippen LogP contribution >= 0.6 is 0 Å². The van der Waals surface area contributed by atoms with E-state index >= 15 is 0 Å². The third-order valence-corrected chi connectivity index (χ3v) is 0.964. The zero-order chi connectivity index (χ0) is 8.85. The monoisotopic (exact) mass is 147 g/mol. The van der Waals surface area contributed by atoms with Crippen LogP contribution in [0.2, 0.25) is 0 Å². The van der Waals surface area contributed by atoms with E-state index in [1.54, 1.807) is 20.8 Å². The van der Waals surface area contributed by atoms with Gasteiger partial charge in [-0.25, -0.2) is 4.99 Å². The first-order valence-corrected chi connectivity index (χ1v) is 3.14. The van der Waals surface area contributed by atoms with Gasteiger partial charge in [0.05, 0.1) is 11.6 Å². The van der Waals surface area contributed by atoms with Crippen molar-refractivity contribution in [2.75, 3.05) is 0 Å². The van der Waals surface area contributed by atoms with E-state index in [1.807, 2.05) is 12.1 Å². The lowest BCUT2D eigenvalue weighted by Gasteiger charge is -1.90. The van der Waals surface area contributed by atoms with Gasteiger partial charge in [0.2, 0.25) is 0 Å². The highest BCUT2D eigenvalue weighted by Gasteiger charge is 1.97. The fourth-order valence-corrected chi connectivity index (χ4v) is 0.469. The Bertz CT molecular complexity index is 279. The van der Waals surface area contributed by atoms with Crippen molar-refractivity contribution in [3.8, 4) is 12.1 Å². The third-order valence-electron chi connectivity index (χ3n) is 0.964. The first kappa shape index (κ1) is 9.39. The molecule has 0 amide bonds. The van der Waals surface area contributed by atoms with Gasteiger partial charge in [-0.3, -0.25) is 0 Å². The average molecular weight is 147 g/mol. The second kappa shape index (κ2) is 4.24. The molecule has 0 saturated carbocycles. The van der Waals surface area contributed by atoms with Gasteiger partial charge in [-0.05, 0) is 20.8 Å². The molecule has 56 valence electrons. The van der Waals surface area contributed by atoms with Crippen molar-refractivity contribution in [3.05, 3.63) is 11.3 Å². The molecule has 3 nitrogen and oxygen atoms in total. The SMILES string of the molecule is CC(C)=NC(C#N)=C(C)C#N. The number of nitrogens with zero attached hydrogens (tertiary/aromatic N) is 3. The smallest absolute Gasteiger partial charge is 0.153 e. The number of hydrogen-bond donors (Lipinski definition) is 0. The molecule has 0 heterocycles. The van der Waals surface area contributed by atoms with E-state index in [4.69, 9.17) is 10.5 Å². The molecule has 0 fully saturated rings. The Morgan fingerprint density at radius 3 is 1.91 bits per heavy atom. The van der Waals surface area contributed by atoms with Gasteiger partial charge in [-0.15, -0.1) is 0 Å². The molecule has 11 heavy (non-hydrogen) atoms. The Balaban J connectivity index is 4.91. The first-order chi connectivity index (χ1) is 5.11. The van der Waals surface area contributed by atoms with Crippen molar-refractivity contribution in [1.82, 2.24) is 0 Å². The second-order valence-corrected chi connectivity index (χ2v) is 2.26. The number of nitriles is 2. The van der Waals surface area contributed by atoms with Crippen molar-refractivity contribution in [1.29, 1.82) is 10.5 Å². The summed E-state index contributed by atoms with van der Waals surface area (Å²) >= 11 is 0. The van der Waals surface area contributed by atoms with E-state index in [1.165, 1.54) is 0 Å². The van der Waals surface area contributed by atoms with Crippen LogP contribution in [-0.4, -0.2) is 5.71 Å². The highest BCUT2D eigenvalue weighted by molar-refractivity contribution is 5.80. The minimum Gasteiger partial charge on any atom is -0.246 e. The number of hydrogen-bond acceptors (Lipinski definition) is 3. The van der Waals surface area contributed by atoms with Crippen molar-refractivity contribution in [3.63, 3.8) is 0 Å². The molecule has 0 aliphatic rings. The Labute approximate surface area is 66.3 Å². The second-order valence-electron chi connectivity index (χ2n) is 2.26. The average Bonchev–Trinajstić information content (AvgIpc) is 1.98. The normalized spacial score (nSPS) is 10.6. The van der Waals surface area contributed by atoms with Gasteiger partial charge in [0.15, 0.2) is 5.70 Å². The predicted molar refractivity (Wildman–Crippen MR) is 42.7 cm³/mol. The highest BCUT2D eigenvalue weighted by atomic mass is 14.7. The highest BCUT2D eigenvalue weighted by Crippen LogP contribution is 2.03. The molecule has 3 heteroatoms. The lowest BCUT2D eigenvalue weighted by molar-refractivity contribution is 1.29. The lowest BCUT2D eigenvalue weighted by atomic mass is 10.2. The fourth-order valence-electron chi connectivity index (χ4n) is 0.469. The summed E-state index contributed by atoms with van der Waals surface area (Å²) in [7, 11) is 0. The molecular weight excluding hydrogens is 138 g/mol. The van der Waals surface area contributed by atoms with Gasteiger partial charge < -0.3 is 0 Å². The molecule has 0 aromatic heterocycles. The lowest BCUT2D eigenvalue weighted by Crippen LogP contribution is -1.85. The predicted octanol–water partition coefficient (Wildman–Crippen LogP) is 1.79. The van der Waals surface area contributed by atoms with Crippen molar-refractivity contribution in [2.45, 2.75) is 20.8 Å². The van der Waals surface area contributed by atoms with E-state index in [0.29, 0.717) is 5.57 Å². The topological polar surface area (TPSA) is 59.9 Å². The minimum atomic E-state index is 0.201.